The molecule has 6 heteroatoms. The van der Waals surface area contributed by atoms with E-state index in [4.69, 9.17) is 15.7 Å². The maximum Gasteiger partial charge on any atom is 0.188 e. The third-order valence-electron chi connectivity index (χ3n) is 3.07. The van der Waals surface area contributed by atoms with E-state index < -0.39 is 0 Å². The van der Waals surface area contributed by atoms with Crippen molar-refractivity contribution in [2.75, 3.05) is 24.7 Å². The highest BCUT2D eigenvalue weighted by molar-refractivity contribution is 5.95. The summed E-state index contributed by atoms with van der Waals surface area (Å²) in [5.41, 5.74) is 6.94. The zero-order chi connectivity index (χ0) is 13.2. The molecule has 1 fully saturated rings. The molecule has 6 nitrogen and oxygen atoms in total. The Kier molecular flexibility index (Phi) is 3.38. The molecule has 98 valence electrons. The zero-order valence-corrected chi connectivity index (χ0v) is 10.6. The molecule has 0 unspecified atom stereocenters. The Balaban J connectivity index is 2.33. The van der Waals surface area contributed by atoms with Gasteiger partial charge in [0, 0.05) is 18.4 Å². The van der Waals surface area contributed by atoms with Crippen molar-refractivity contribution in [1.29, 1.82) is 0 Å². The van der Waals surface area contributed by atoms with Crippen LogP contribution in [0.25, 0.3) is 0 Å². The third-order valence-corrected chi connectivity index (χ3v) is 3.07. The molecule has 1 saturated heterocycles. The maximum absolute atomic E-state index is 8.68. The van der Waals surface area contributed by atoms with Gasteiger partial charge in [-0.1, -0.05) is 5.16 Å². The minimum absolute atomic E-state index is 0.0166. The molecule has 3 N–H and O–H groups in total. The molecule has 18 heavy (non-hydrogen) atoms. The first-order chi connectivity index (χ1) is 8.54. The van der Waals surface area contributed by atoms with Crippen molar-refractivity contribution in [3.8, 4) is 0 Å². The largest absolute Gasteiger partial charge is 0.409 e. The third kappa shape index (κ3) is 2.38. The van der Waals surface area contributed by atoms with Crippen molar-refractivity contribution >= 4 is 11.5 Å². The maximum atomic E-state index is 8.68. The molecule has 0 amide bonds. The van der Waals surface area contributed by atoms with Crippen LogP contribution >= 0.6 is 0 Å². The number of nitrogens with zero attached hydrogens (tertiary/aromatic N) is 3. The predicted molar refractivity (Wildman–Crippen MR) is 69.0 cm³/mol. The molecule has 0 atom stereocenters. The van der Waals surface area contributed by atoms with Crippen LogP contribution < -0.4 is 10.6 Å². The first-order valence-corrected chi connectivity index (χ1v) is 5.84. The minimum Gasteiger partial charge on any atom is -0.409 e. The van der Waals surface area contributed by atoms with Crippen molar-refractivity contribution in [3.05, 3.63) is 24.0 Å². The number of nitrogens with two attached hydrogens (primary N) is 1. The lowest BCUT2D eigenvalue weighted by Crippen LogP contribution is -2.53. The van der Waals surface area contributed by atoms with Gasteiger partial charge in [0.1, 0.15) is 5.69 Å². The number of amidine groups is 1. The highest BCUT2D eigenvalue weighted by Crippen LogP contribution is 2.26. The van der Waals surface area contributed by atoms with Gasteiger partial charge < -0.3 is 20.6 Å². The highest BCUT2D eigenvalue weighted by atomic mass is 16.5. The number of hydrogen-bond acceptors (Lipinski definition) is 5. The van der Waals surface area contributed by atoms with Crippen LogP contribution in [0.3, 0.4) is 0 Å². The number of pyridine rings is 1. The normalized spacial score (nSPS) is 19.9. The summed E-state index contributed by atoms with van der Waals surface area (Å²) in [6.07, 6.45) is 1.66. The van der Waals surface area contributed by atoms with Gasteiger partial charge in [-0.2, -0.15) is 0 Å². The van der Waals surface area contributed by atoms with E-state index in [0.29, 0.717) is 18.9 Å². The number of morpholine rings is 1. The van der Waals surface area contributed by atoms with Crippen LogP contribution in [0, 0.1) is 0 Å². The molecule has 0 spiro atoms. The number of ether oxygens (including phenoxy) is 1. The second kappa shape index (κ2) is 4.81. The summed E-state index contributed by atoms with van der Waals surface area (Å²) >= 11 is 0. The van der Waals surface area contributed by atoms with Gasteiger partial charge >= 0.3 is 0 Å². The molecule has 2 rings (SSSR count). The smallest absolute Gasteiger partial charge is 0.188 e. The number of hydrogen-bond donors (Lipinski definition) is 2. The highest BCUT2D eigenvalue weighted by Gasteiger charge is 2.30. The van der Waals surface area contributed by atoms with E-state index in [1.807, 2.05) is 12.1 Å². The predicted octanol–water partition coefficient (Wildman–Crippen LogP) is 0.791. The van der Waals surface area contributed by atoms with Crippen molar-refractivity contribution in [3.63, 3.8) is 0 Å². The molecule has 2 heterocycles. The number of oxime groups is 1. The summed E-state index contributed by atoms with van der Waals surface area (Å²) < 4.78 is 5.49. The molecule has 1 aliphatic rings. The number of aromatic nitrogens is 1. The molecule has 0 bridgehead atoms. The van der Waals surface area contributed by atoms with Gasteiger partial charge in [0.05, 0.1) is 18.8 Å². The summed E-state index contributed by atoms with van der Waals surface area (Å²) in [5, 5.41) is 11.7. The summed E-state index contributed by atoms with van der Waals surface area (Å²) in [6, 6.07) is 3.74. The second-order valence-corrected chi connectivity index (χ2v) is 4.90. The van der Waals surface area contributed by atoms with Gasteiger partial charge in [-0.15, -0.1) is 0 Å². The Hall–Kier alpha value is -1.82. The topological polar surface area (TPSA) is 84.0 Å². The van der Waals surface area contributed by atoms with Crippen LogP contribution in [0.2, 0.25) is 0 Å². The van der Waals surface area contributed by atoms with Crippen LogP contribution in [0.15, 0.2) is 23.5 Å². The standard InChI is InChI=1S/C12H18N4O2/c1-12(2)8-18-6-5-16(12)9-3-4-14-10(7-9)11(13)15-17/h3-4,7,17H,5-6,8H2,1-2H3,(H2,13,15). The van der Waals surface area contributed by atoms with Crippen LogP contribution in [0.1, 0.15) is 19.5 Å². The average molecular weight is 250 g/mol. The molecule has 1 aromatic rings. The Morgan fingerprint density at radius 3 is 3.06 bits per heavy atom. The van der Waals surface area contributed by atoms with Gasteiger partial charge in [-0.25, -0.2) is 0 Å². The molecule has 0 aromatic carbocycles. The zero-order valence-electron chi connectivity index (χ0n) is 10.6. The van der Waals surface area contributed by atoms with E-state index >= 15 is 0 Å². The second-order valence-electron chi connectivity index (χ2n) is 4.90. The minimum atomic E-state index is -0.0814. The molecular formula is C12H18N4O2. The molecule has 0 saturated carbocycles. The van der Waals surface area contributed by atoms with Crippen LogP contribution in [-0.4, -0.2) is 41.3 Å². The van der Waals surface area contributed by atoms with Gasteiger partial charge in [-0.05, 0) is 26.0 Å². The van der Waals surface area contributed by atoms with Gasteiger partial charge in [0.25, 0.3) is 0 Å². The van der Waals surface area contributed by atoms with E-state index in [0.717, 1.165) is 12.2 Å². The van der Waals surface area contributed by atoms with Crippen molar-refractivity contribution in [1.82, 2.24) is 4.98 Å². The quantitative estimate of drug-likeness (QED) is 0.351. The van der Waals surface area contributed by atoms with Gasteiger partial charge in [-0.3, -0.25) is 4.98 Å². The molecular weight excluding hydrogens is 232 g/mol. The monoisotopic (exact) mass is 250 g/mol. The molecule has 0 aliphatic carbocycles. The fraction of sp³-hybridized carbons (Fsp3) is 0.500. The van der Waals surface area contributed by atoms with Crippen LogP contribution in [-0.2, 0) is 4.74 Å². The first kappa shape index (κ1) is 12.6. The fourth-order valence-electron chi connectivity index (χ4n) is 2.12. The average Bonchev–Trinajstić information content (AvgIpc) is 2.37. The Labute approximate surface area is 106 Å². The van der Waals surface area contributed by atoms with Crippen LogP contribution in [0.4, 0.5) is 5.69 Å². The summed E-state index contributed by atoms with van der Waals surface area (Å²) in [5.74, 6) is 0.0166. The number of anilines is 1. The summed E-state index contributed by atoms with van der Waals surface area (Å²) in [4.78, 5) is 6.32. The lowest BCUT2D eigenvalue weighted by Gasteiger charge is -2.43. The lowest BCUT2D eigenvalue weighted by molar-refractivity contribution is 0.0644. The van der Waals surface area contributed by atoms with E-state index in [-0.39, 0.29) is 11.4 Å². The van der Waals surface area contributed by atoms with E-state index in [9.17, 15) is 0 Å². The van der Waals surface area contributed by atoms with E-state index in [2.05, 4.69) is 28.9 Å². The van der Waals surface area contributed by atoms with E-state index in [1.165, 1.54) is 0 Å². The van der Waals surface area contributed by atoms with Crippen molar-refractivity contribution in [2.45, 2.75) is 19.4 Å². The molecule has 1 aromatic heterocycles. The first-order valence-electron chi connectivity index (χ1n) is 5.84. The molecule has 1 aliphatic heterocycles. The van der Waals surface area contributed by atoms with E-state index in [1.54, 1.807) is 6.20 Å². The fourth-order valence-corrected chi connectivity index (χ4v) is 2.12. The Morgan fingerprint density at radius 2 is 2.39 bits per heavy atom. The Morgan fingerprint density at radius 1 is 1.61 bits per heavy atom. The van der Waals surface area contributed by atoms with Crippen molar-refractivity contribution < 1.29 is 9.94 Å². The SMILES string of the molecule is CC1(C)COCCN1c1ccnc(/C(N)=N/O)c1. The lowest BCUT2D eigenvalue weighted by atomic mass is 10.0. The summed E-state index contributed by atoms with van der Waals surface area (Å²) in [6.45, 7) is 6.43. The van der Waals surface area contributed by atoms with Crippen LogP contribution in [0.5, 0.6) is 0 Å². The molecule has 0 radical (unpaired) electrons. The van der Waals surface area contributed by atoms with Gasteiger partial charge in [0.2, 0.25) is 0 Å². The summed E-state index contributed by atoms with van der Waals surface area (Å²) in [7, 11) is 0. The number of rotatable bonds is 2. The Bertz CT molecular complexity index is 459. The van der Waals surface area contributed by atoms with Gasteiger partial charge in [0.15, 0.2) is 5.84 Å². The van der Waals surface area contributed by atoms with Crippen molar-refractivity contribution in [2.24, 2.45) is 10.9 Å².